The molecular weight excluding hydrogens is 438 g/mol. The van der Waals surface area contributed by atoms with Gasteiger partial charge in [-0.15, -0.1) is 0 Å². The van der Waals surface area contributed by atoms with Crippen LogP contribution in [0.2, 0.25) is 0 Å². The number of nitrogens with one attached hydrogen (secondary N) is 1. The van der Waals surface area contributed by atoms with E-state index >= 15 is 0 Å². The number of sulfonamides is 1. The highest BCUT2D eigenvalue weighted by molar-refractivity contribution is 7.99. The largest absolute Gasteiger partial charge is 0.338 e. The molecule has 1 saturated heterocycles. The fraction of sp³-hybridized carbons (Fsp3) is 0.350. The number of para-hydroxylation sites is 1. The summed E-state index contributed by atoms with van der Waals surface area (Å²) in [5, 5.41) is 3.43. The molecular formula is C20H25N5O4S2. The summed E-state index contributed by atoms with van der Waals surface area (Å²) in [6.07, 6.45) is 1.30. The number of carbonyl (C=O) groups is 2. The lowest BCUT2D eigenvalue weighted by atomic mass is 10.3. The van der Waals surface area contributed by atoms with Crippen LogP contribution in [-0.4, -0.2) is 85.5 Å². The monoisotopic (exact) mass is 463 g/mol. The van der Waals surface area contributed by atoms with E-state index < -0.39 is 10.0 Å². The number of amides is 3. The van der Waals surface area contributed by atoms with Crippen molar-refractivity contribution < 1.29 is 18.0 Å². The van der Waals surface area contributed by atoms with Gasteiger partial charge in [-0.25, -0.2) is 22.5 Å². The van der Waals surface area contributed by atoms with Crippen LogP contribution in [0.1, 0.15) is 0 Å². The molecule has 1 aromatic heterocycles. The van der Waals surface area contributed by atoms with Crippen LogP contribution in [0.5, 0.6) is 0 Å². The van der Waals surface area contributed by atoms with E-state index in [1.807, 2.05) is 30.3 Å². The first kappa shape index (κ1) is 23.0. The molecule has 1 aromatic carbocycles. The zero-order valence-corrected chi connectivity index (χ0v) is 19.0. The van der Waals surface area contributed by atoms with Gasteiger partial charge in [0.15, 0.2) is 0 Å². The average molecular weight is 464 g/mol. The van der Waals surface area contributed by atoms with E-state index in [-0.39, 0.29) is 22.6 Å². The van der Waals surface area contributed by atoms with E-state index in [9.17, 15) is 18.0 Å². The van der Waals surface area contributed by atoms with Crippen molar-refractivity contribution >= 4 is 39.4 Å². The van der Waals surface area contributed by atoms with Crippen molar-refractivity contribution in [2.24, 2.45) is 0 Å². The van der Waals surface area contributed by atoms with E-state index in [1.54, 1.807) is 15.9 Å². The third-order valence-electron chi connectivity index (χ3n) is 4.78. The average Bonchev–Trinajstić information content (AvgIpc) is 2.78. The fourth-order valence-corrected chi connectivity index (χ4v) is 4.52. The number of piperazine rings is 1. The molecule has 0 spiro atoms. The van der Waals surface area contributed by atoms with Crippen molar-refractivity contribution in [3.05, 3.63) is 48.7 Å². The van der Waals surface area contributed by atoms with Crippen molar-refractivity contribution in [3.63, 3.8) is 0 Å². The lowest BCUT2D eigenvalue weighted by molar-refractivity contribution is -0.129. The molecule has 166 valence electrons. The van der Waals surface area contributed by atoms with Crippen molar-refractivity contribution in [2.45, 2.75) is 9.92 Å². The predicted molar refractivity (Wildman–Crippen MR) is 119 cm³/mol. The molecule has 11 heteroatoms. The highest BCUT2D eigenvalue weighted by Crippen LogP contribution is 2.19. The maximum absolute atomic E-state index is 12.5. The zero-order valence-electron chi connectivity index (χ0n) is 17.4. The Morgan fingerprint density at radius 2 is 1.68 bits per heavy atom. The van der Waals surface area contributed by atoms with Crippen LogP contribution in [-0.2, 0) is 14.8 Å². The molecule has 31 heavy (non-hydrogen) atoms. The van der Waals surface area contributed by atoms with Gasteiger partial charge in [-0.3, -0.25) is 4.79 Å². The summed E-state index contributed by atoms with van der Waals surface area (Å²) < 4.78 is 25.3. The van der Waals surface area contributed by atoms with Crippen LogP contribution in [0, 0.1) is 0 Å². The van der Waals surface area contributed by atoms with Gasteiger partial charge in [0.1, 0.15) is 4.90 Å². The summed E-state index contributed by atoms with van der Waals surface area (Å²) in [5.74, 6) is 0.156. The van der Waals surface area contributed by atoms with E-state index in [0.717, 1.165) is 9.99 Å². The minimum absolute atomic E-state index is 0.0418. The third kappa shape index (κ3) is 5.96. The van der Waals surface area contributed by atoms with Crippen LogP contribution < -0.4 is 5.32 Å². The van der Waals surface area contributed by atoms with E-state index in [1.165, 1.54) is 38.1 Å². The highest BCUT2D eigenvalue weighted by Gasteiger charge is 2.24. The molecule has 0 atom stereocenters. The number of thioether (sulfide) groups is 1. The minimum Gasteiger partial charge on any atom is -0.338 e. The summed E-state index contributed by atoms with van der Waals surface area (Å²) in [4.78, 5) is 32.5. The normalized spacial score (nSPS) is 14.5. The van der Waals surface area contributed by atoms with Crippen LogP contribution in [0.4, 0.5) is 10.5 Å². The zero-order chi connectivity index (χ0) is 22.4. The van der Waals surface area contributed by atoms with Crippen LogP contribution in [0.25, 0.3) is 0 Å². The molecule has 3 amide bonds. The SMILES string of the molecule is CN(C)S(=O)(=O)c1ccc(SCC(=O)N2CCN(C(=O)Nc3ccccc3)CC2)nc1. The Balaban J connectivity index is 1.45. The number of rotatable bonds is 6. The number of nitrogens with zero attached hydrogens (tertiary/aromatic N) is 4. The number of hydrogen-bond acceptors (Lipinski definition) is 6. The molecule has 1 aliphatic rings. The Kier molecular flexibility index (Phi) is 7.52. The molecule has 0 aliphatic carbocycles. The van der Waals surface area contributed by atoms with Crippen LogP contribution in [0.15, 0.2) is 58.6 Å². The predicted octanol–water partition coefficient (Wildman–Crippen LogP) is 1.80. The molecule has 1 fully saturated rings. The topological polar surface area (TPSA) is 103 Å². The second-order valence-corrected chi connectivity index (χ2v) is 10.2. The number of hydrogen-bond donors (Lipinski definition) is 1. The number of anilines is 1. The van der Waals surface area contributed by atoms with Crippen molar-refractivity contribution in [2.75, 3.05) is 51.3 Å². The Hall–Kier alpha value is -2.63. The Bertz CT molecular complexity index is 1010. The van der Waals surface area contributed by atoms with Crippen molar-refractivity contribution in [1.82, 2.24) is 19.1 Å². The van der Waals surface area contributed by atoms with Gasteiger partial charge in [0.2, 0.25) is 15.9 Å². The van der Waals surface area contributed by atoms with E-state index in [4.69, 9.17) is 0 Å². The summed E-state index contributed by atoms with van der Waals surface area (Å²) in [5.41, 5.74) is 0.735. The fourth-order valence-electron chi connectivity index (χ4n) is 2.93. The van der Waals surface area contributed by atoms with Crippen molar-refractivity contribution in [1.29, 1.82) is 0 Å². The lowest BCUT2D eigenvalue weighted by Gasteiger charge is -2.34. The maximum Gasteiger partial charge on any atom is 0.321 e. The first-order valence-corrected chi connectivity index (χ1v) is 12.1. The van der Waals surface area contributed by atoms with Gasteiger partial charge in [-0.2, -0.15) is 0 Å². The van der Waals surface area contributed by atoms with Gasteiger partial charge in [-0.1, -0.05) is 30.0 Å². The second-order valence-electron chi connectivity index (χ2n) is 7.07. The smallest absolute Gasteiger partial charge is 0.321 e. The molecule has 1 N–H and O–H groups in total. The van der Waals surface area contributed by atoms with E-state index in [0.29, 0.717) is 31.2 Å². The number of benzene rings is 1. The number of carbonyl (C=O) groups excluding carboxylic acids is 2. The first-order valence-electron chi connectivity index (χ1n) is 9.67. The number of pyridine rings is 1. The van der Waals surface area contributed by atoms with Gasteiger partial charge in [0, 0.05) is 52.2 Å². The molecule has 0 bridgehead atoms. The maximum atomic E-state index is 12.5. The molecule has 0 saturated carbocycles. The van der Waals surface area contributed by atoms with Crippen molar-refractivity contribution in [3.8, 4) is 0 Å². The minimum atomic E-state index is -3.53. The quantitative estimate of drug-likeness (QED) is 0.656. The first-order chi connectivity index (χ1) is 14.8. The molecule has 0 unspecified atom stereocenters. The summed E-state index contributed by atoms with van der Waals surface area (Å²) in [6, 6.07) is 12.1. The van der Waals surface area contributed by atoms with Crippen LogP contribution in [0.3, 0.4) is 0 Å². The molecule has 1 aliphatic heterocycles. The second kappa shape index (κ2) is 10.1. The van der Waals surface area contributed by atoms with Gasteiger partial charge >= 0.3 is 6.03 Å². The number of aromatic nitrogens is 1. The standard InChI is InChI=1S/C20H25N5O4S2/c1-23(2)31(28,29)17-8-9-18(21-14-17)30-15-19(26)24-10-12-25(13-11-24)20(27)22-16-6-4-3-5-7-16/h3-9,14H,10-13,15H2,1-2H3,(H,22,27). The third-order valence-corrected chi connectivity index (χ3v) is 7.50. The van der Waals surface area contributed by atoms with Gasteiger partial charge in [0.05, 0.1) is 10.8 Å². The van der Waals surface area contributed by atoms with Gasteiger partial charge in [-0.05, 0) is 24.3 Å². The highest BCUT2D eigenvalue weighted by atomic mass is 32.2. The molecule has 0 radical (unpaired) electrons. The Morgan fingerprint density at radius 1 is 1.03 bits per heavy atom. The molecule has 3 rings (SSSR count). The molecule has 9 nitrogen and oxygen atoms in total. The number of urea groups is 1. The van der Waals surface area contributed by atoms with Gasteiger partial charge in [0.25, 0.3) is 0 Å². The molecule has 2 heterocycles. The van der Waals surface area contributed by atoms with Crippen LogP contribution >= 0.6 is 11.8 Å². The summed E-state index contributed by atoms with van der Waals surface area (Å²) in [7, 11) is -0.605. The molecule has 2 aromatic rings. The lowest BCUT2D eigenvalue weighted by Crippen LogP contribution is -2.52. The summed E-state index contributed by atoms with van der Waals surface area (Å²) >= 11 is 1.26. The van der Waals surface area contributed by atoms with Gasteiger partial charge < -0.3 is 15.1 Å². The summed E-state index contributed by atoms with van der Waals surface area (Å²) in [6.45, 7) is 1.86. The Labute approximate surface area is 186 Å². The van der Waals surface area contributed by atoms with E-state index in [2.05, 4.69) is 10.3 Å². The Morgan fingerprint density at radius 3 is 2.26 bits per heavy atom.